The highest BCUT2D eigenvalue weighted by Gasteiger charge is 2.06. The van der Waals surface area contributed by atoms with Crippen LogP contribution in [0.5, 0.6) is 5.75 Å². The monoisotopic (exact) mass is 232 g/mol. The minimum absolute atomic E-state index is 0.390. The van der Waals surface area contributed by atoms with Crippen LogP contribution < -0.4 is 4.74 Å². The molecule has 78 valence electrons. The molecule has 0 atom stereocenters. The van der Waals surface area contributed by atoms with E-state index in [1.54, 1.807) is 0 Å². The average Bonchev–Trinajstić information content (AvgIpc) is 2.18. The van der Waals surface area contributed by atoms with Gasteiger partial charge in [-0.05, 0) is 18.6 Å². The largest absolute Gasteiger partial charge is 0.493 e. The highest BCUT2D eigenvalue weighted by atomic mass is 35.5. The van der Waals surface area contributed by atoms with Crippen molar-refractivity contribution in [2.45, 2.75) is 25.6 Å². The van der Waals surface area contributed by atoms with Crippen LogP contribution in [0.15, 0.2) is 18.2 Å². The average molecular weight is 233 g/mol. The van der Waals surface area contributed by atoms with Gasteiger partial charge in [0.2, 0.25) is 0 Å². The molecule has 0 aromatic heterocycles. The molecule has 0 spiro atoms. The molecular weight excluding hydrogens is 219 g/mol. The second kappa shape index (κ2) is 6.15. The molecule has 0 saturated heterocycles. The van der Waals surface area contributed by atoms with Crippen LogP contribution in [-0.4, -0.2) is 6.61 Å². The van der Waals surface area contributed by atoms with E-state index in [1.807, 2.05) is 18.2 Å². The number of hydrogen-bond acceptors (Lipinski definition) is 1. The molecule has 0 bridgehead atoms. The standard InChI is InChI=1S/C11H14Cl2O/c1-2-3-7-14-11-6-4-5-10(13)9(11)8-12/h4-6H,2-3,7-8H2,1H3. The van der Waals surface area contributed by atoms with Gasteiger partial charge in [0.15, 0.2) is 0 Å². The van der Waals surface area contributed by atoms with Crippen LogP contribution in [0.1, 0.15) is 25.3 Å². The van der Waals surface area contributed by atoms with Gasteiger partial charge in [-0.1, -0.05) is 31.0 Å². The van der Waals surface area contributed by atoms with E-state index in [2.05, 4.69) is 6.92 Å². The van der Waals surface area contributed by atoms with Crippen molar-refractivity contribution in [3.63, 3.8) is 0 Å². The Balaban J connectivity index is 2.70. The number of benzene rings is 1. The van der Waals surface area contributed by atoms with Gasteiger partial charge in [0, 0.05) is 10.6 Å². The Hall–Kier alpha value is -0.400. The maximum atomic E-state index is 5.98. The fraction of sp³-hybridized carbons (Fsp3) is 0.455. The fourth-order valence-corrected chi connectivity index (χ4v) is 1.71. The zero-order valence-electron chi connectivity index (χ0n) is 8.22. The molecule has 0 radical (unpaired) electrons. The van der Waals surface area contributed by atoms with Crippen molar-refractivity contribution in [2.75, 3.05) is 6.61 Å². The van der Waals surface area contributed by atoms with E-state index in [-0.39, 0.29) is 0 Å². The summed E-state index contributed by atoms with van der Waals surface area (Å²) in [5.74, 6) is 1.20. The SMILES string of the molecule is CCCCOc1cccc(Cl)c1CCl. The molecule has 0 aliphatic rings. The summed E-state index contributed by atoms with van der Waals surface area (Å²) >= 11 is 11.8. The molecule has 0 amide bonds. The van der Waals surface area contributed by atoms with E-state index in [0.29, 0.717) is 10.9 Å². The second-order valence-electron chi connectivity index (χ2n) is 3.05. The molecular formula is C11H14Cl2O. The van der Waals surface area contributed by atoms with Crippen molar-refractivity contribution < 1.29 is 4.74 Å². The van der Waals surface area contributed by atoms with E-state index in [0.717, 1.165) is 30.8 Å². The van der Waals surface area contributed by atoms with Crippen LogP contribution in [0.3, 0.4) is 0 Å². The van der Waals surface area contributed by atoms with Gasteiger partial charge >= 0.3 is 0 Å². The highest BCUT2D eigenvalue weighted by Crippen LogP contribution is 2.27. The van der Waals surface area contributed by atoms with Crippen molar-refractivity contribution in [3.05, 3.63) is 28.8 Å². The van der Waals surface area contributed by atoms with Crippen LogP contribution in [0.25, 0.3) is 0 Å². The molecule has 0 aliphatic heterocycles. The lowest BCUT2D eigenvalue weighted by molar-refractivity contribution is 0.307. The second-order valence-corrected chi connectivity index (χ2v) is 3.73. The van der Waals surface area contributed by atoms with E-state index in [1.165, 1.54) is 0 Å². The Kier molecular flexibility index (Phi) is 5.13. The van der Waals surface area contributed by atoms with E-state index in [4.69, 9.17) is 27.9 Å². The third kappa shape index (κ3) is 3.07. The molecule has 0 N–H and O–H groups in total. The lowest BCUT2D eigenvalue weighted by atomic mass is 10.2. The van der Waals surface area contributed by atoms with Gasteiger partial charge in [0.1, 0.15) is 5.75 Å². The quantitative estimate of drug-likeness (QED) is 0.545. The summed E-state index contributed by atoms with van der Waals surface area (Å²) in [5.41, 5.74) is 0.881. The Morgan fingerprint density at radius 2 is 2.14 bits per heavy atom. The molecule has 0 aliphatic carbocycles. The maximum Gasteiger partial charge on any atom is 0.125 e. The third-order valence-corrected chi connectivity index (χ3v) is 2.59. The van der Waals surface area contributed by atoms with E-state index in [9.17, 15) is 0 Å². The highest BCUT2D eigenvalue weighted by molar-refractivity contribution is 6.32. The Labute approximate surface area is 95.0 Å². The van der Waals surface area contributed by atoms with Gasteiger partial charge in [-0.2, -0.15) is 0 Å². The van der Waals surface area contributed by atoms with Gasteiger partial charge in [-0.15, -0.1) is 11.6 Å². The first-order valence-electron chi connectivity index (χ1n) is 4.75. The molecule has 1 aromatic rings. The molecule has 0 saturated carbocycles. The van der Waals surface area contributed by atoms with Gasteiger partial charge in [-0.3, -0.25) is 0 Å². The summed E-state index contributed by atoms with van der Waals surface area (Å²) in [4.78, 5) is 0. The first-order valence-corrected chi connectivity index (χ1v) is 5.67. The minimum Gasteiger partial charge on any atom is -0.493 e. The molecule has 0 unspecified atom stereocenters. The third-order valence-electron chi connectivity index (χ3n) is 1.96. The van der Waals surface area contributed by atoms with Crippen LogP contribution in [0.4, 0.5) is 0 Å². The van der Waals surface area contributed by atoms with Gasteiger partial charge < -0.3 is 4.74 Å². The predicted molar refractivity (Wildman–Crippen MR) is 61.4 cm³/mol. The Bertz CT molecular complexity index is 287. The summed E-state index contributed by atoms with van der Waals surface area (Å²) in [6, 6.07) is 5.60. The van der Waals surface area contributed by atoms with Crippen LogP contribution >= 0.6 is 23.2 Å². The number of alkyl halides is 1. The minimum atomic E-state index is 0.390. The molecule has 1 nitrogen and oxygen atoms in total. The zero-order chi connectivity index (χ0) is 10.4. The van der Waals surface area contributed by atoms with Crippen LogP contribution in [0, 0.1) is 0 Å². The van der Waals surface area contributed by atoms with Crippen molar-refractivity contribution in [1.82, 2.24) is 0 Å². The molecule has 0 heterocycles. The molecule has 0 fully saturated rings. The van der Waals surface area contributed by atoms with Crippen LogP contribution in [0.2, 0.25) is 5.02 Å². The normalized spacial score (nSPS) is 10.2. The number of ether oxygens (including phenoxy) is 1. The maximum absolute atomic E-state index is 5.98. The van der Waals surface area contributed by atoms with E-state index < -0.39 is 0 Å². The summed E-state index contributed by atoms with van der Waals surface area (Å²) in [5, 5.41) is 0.675. The Morgan fingerprint density at radius 1 is 1.36 bits per heavy atom. The molecule has 3 heteroatoms. The first kappa shape index (κ1) is 11.7. The zero-order valence-corrected chi connectivity index (χ0v) is 9.74. The van der Waals surface area contributed by atoms with Gasteiger partial charge in [-0.25, -0.2) is 0 Å². The Morgan fingerprint density at radius 3 is 2.79 bits per heavy atom. The van der Waals surface area contributed by atoms with Crippen LogP contribution in [-0.2, 0) is 5.88 Å². The van der Waals surface area contributed by atoms with Crippen molar-refractivity contribution in [2.24, 2.45) is 0 Å². The summed E-state index contributed by atoms with van der Waals surface area (Å²) in [6.07, 6.45) is 2.17. The number of rotatable bonds is 5. The summed E-state index contributed by atoms with van der Waals surface area (Å²) in [7, 11) is 0. The predicted octanol–water partition coefficient (Wildman–Crippen LogP) is 4.26. The van der Waals surface area contributed by atoms with Crippen molar-refractivity contribution >= 4 is 23.2 Å². The van der Waals surface area contributed by atoms with Gasteiger partial charge in [0.25, 0.3) is 0 Å². The summed E-state index contributed by atoms with van der Waals surface area (Å²) < 4.78 is 5.58. The lowest BCUT2D eigenvalue weighted by Gasteiger charge is -2.10. The first-order chi connectivity index (χ1) is 6.79. The fourth-order valence-electron chi connectivity index (χ4n) is 1.13. The summed E-state index contributed by atoms with van der Waals surface area (Å²) in [6.45, 7) is 2.85. The number of halogens is 2. The number of unbranched alkanes of at least 4 members (excludes halogenated alkanes) is 1. The van der Waals surface area contributed by atoms with Crippen molar-refractivity contribution in [1.29, 1.82) is 0 Å². The molecule has 1 rings (SSSR count). The smallest absolute Gasteiger partial charge is 0.125 e. The van der Waals surface area contributed by atoms with Gasteiger partial charge in [0.05, 0.1) is 12.5 Å². The molecule has 1 aromatic carbocycles. The lowest BCUT2D eigenvalue weighted by Crippen LogP contribution is -1.99. The van der Waals surface area contributed by atoms with E-state index >= 15 is 0 Å². The number of hydrogen-bond donors (Lipinski definition) is 0. The van der Waals surface area contributed by atoms with Crippen molar-refractivity contribution in [3.8, 4) is 5.75 Å². The topological polar surface area (TPSA) is 9.23 Å². The molecule has 14 heavy (non-hydrogen) atoms.